The van der Waals surface area contributed by atoms with Gasteiger partial charge in [-0.3, -0.25) is 4.79 Å². The molecular weight excluding hydrogens is 377 g/mol. The first-order valence-electron chi connectivity index (χ1n) is 9.14. The maximum absolute atomic E-state index is 12.9. The highest BCUT2D eigenvalue weighted by atomic mass is 32.2. The number of carbonyl (C=O) groups excluding carboxylic acids is 1. The average Bonchev–Trinajstić information content (AvgIpc) is 3.30. The number of aromatic nitrogens is 4. The Bertz CT molecular complexity index is 1000. The van der Waals surface area contributed by atoms with Gasteiger partial charge in [0, 0.05) is 18.3 Å². The summed E-state index contributed by atoms with van der Waals surface area (Å²) in [6, 6.07) is 7.94. The molecule has 1 aliphatic carbocycles. The number of hydrogen-bond acceptors (Lipinski definition) is 5. The molecule has 0 spiro atoms. The summed E-state index contributed by atoms with van der Waals surface area (Å²) in [5.41, 5.74) is 4.46. The van der Waals surface area contributed by atoms with Crippen LogP contribution in [0.4, 0.5) is 4.39 Å². The lowest BCUT2D eigenvalue weighted by Crippen LogP contribution is -2.24. The van der Waals surface area contributed by atoms with Crippen LogP contribution in [0.1, 0.15) is 28.9 Å². The van der Waals surface area contributed by atoms with E-state index in [4.69, 9.17) is 0 Å². The SMILES string of the molecule is Cc1nn(-c2cc(SCC(=O)NCc3ccc(F)cc3)ncn2)c2c1CCC2. The standard InChI is InChI=1S/C20H20FN5OS/c1-13-16-3-2-4-17(16)26(25-13)18-9-20(24-12-23-18)28-11-19(27)22-10-14-5-7-15(21)8-6-14/h5-9,12H,2-4,10-11H2,1H3,(H,22,27). The first-order chi connectivity index (χ1) is 13.6. The molecule has 3 aromatic rings. The van der Waals surface area contributed by atoms with E-state index in [-0.39, 0.29) is 17.5 Å². The Hall–Kier alpha value is -2.74. The van der Waals surface area contributed by atoms with E-state index in [0.717, 1.165) is 41.4 Å². The van der Waals surface area contributed by atoms with Gasteiger partial charge in [-0.15, -0.1) is 0 Å². The van der Waals surface area contributed by atoms with Crippen molar-refractivity contribution in [3.63, 3.8) is 0 Å². The molecule has 1 aromatic carbocycles. The van der Waals surface area contributed by atoms with Crippen LogP contribution in [0.3, 0.4) is 0 Å². The molecule has 144 valence electrons. The van der Waals surface area contributed by atoms with E-state index in [1.807, 2.05) is 17.7 Å². The van der Waals surface area contributed by atoms with Gasteiger partial charge in [0.1, 0.15) is 17.2 Å². The van der Waals surface area contributed by atoms with Crippen LogP contribution < -0.4 is 5.32 Å². The Morgan fingerprint density at radius 1 is 1.25 bits per heavy atom. The second-order valence-corrected chi connectivity index (χ2v) is 7.68. The molecule has 0 aliphatic heterocycles. The number of carbonyl (C=O) groups is 1. The van der Waals surface area contributed by atoms with Crippen molar-refractivity contribution in [2.45, 2.75) is 37.8 Å². The summed E-state index contributed by atoms with van der Waals surface area (Å²) < 4.78 is 14.8. The van der Waals surface area contributed by atoms with E-state index < -0.39 is 0 Å². The molecule has 0 unspecified atom stereocenters. The predicted octanol–water partition coefficient (Wildman–Crippen LogP) is 3.01. The van der Waals surface area contributed by atoms with Crippen molar-refractivity contribution in [2.75, 3.05) is 5.75 Å². The number of rotatable bonds is 6. The molecule has 1 amide bonds. The van der Waals surface area contributed by atoms with Gasteiger partial charge in [-0.1, -0.05) is 23.9 Å². The summed E-state index contributed by atoms with van der Waals surface area (Å²) in [5, 5.41) is 8.17. The highest BCUT2D eigenvalue weighted by Crippen LogP contribution is 2.27. The fraction of sp³-hybridized carbons (Fsp3) is 0.300. The predicted molar refractivity (Wildman–Crippen MR) is 105 cm³/mol. The van der Waals surface area contributed by atoms with Crippen LogP contribution in [-0.4, -0.2) is 31.4 Å². The molecule has 1 N–H and O–H groups in total. The van der Waals surface area contributed by atoms with Gasteiger partial charge in [0.2, 0.25) is 5.91 Å². The maximum atomic E-state index is 12.9. The van der Waals surface area contributed by atoms with Crippen LogP contribution in [0.2, 0.25) is 0 Å². The fourth-order valence-corrected chi connectivity index (χ4v) is 4.02. The molecule has 6 nitrogen and oxygen atoms in total. The molecule has 28 heavy (non-hydrogen) atoms. The number of halogens is 1. The zero-order chi connectivity index (χ0) is 19.5. The number of thioether (sulfide) groups is 1. The van der Waals surface area contributed by atoms with Gasteiger partial charge in [-0.2, -0.15) is 5.10 Å². The van der Waals surface area contributed by atoms with Crippen LogP contribution in [0.25, 0.3) is 5.82 Å². The lowest BCUT2D eigenvalue weighted by molar-refractivity contribution is -0.118. The molecule has 0 bridgehead atoms. The second kappa shape index (κ2) is 8.10. The normalized spacial score (nSPS) is 12.8. The van der Waals surface area contributed by atoms with Gasteiger partial charge < -0.3 is 5.32 Å². The number of aryl methyl sites for hydroxylation is 1. The third kappa shape index (κ3) is 4.06. The van der Waals surface area contributed by atoms with E-state index in [1.165, 1.54) is 41.5 Å². The molecule has 0 radical (unpaired) electrons. The number of amides is 1. The lowest BCUT2D eigenvalue weighted by Gasteiger charge is -2.07. The maximum Gasteiger partial charge on any atom is 0.230 e. The van der Waals surface area contributed by atoms with Gasteiger partial charge >= 0.3 is 0 Å². The van der Waals surface area contributed by atoms with E-state index in [9.17, 15) is 9.18 Å². The van der Waals surface area contributed by atoms with Crippen molar-refractivity contribution in [1.82, 2.24) is 25.1 Å². The quantitative estimate of drug-likeness (QED) is 0.511. The van der Waals surface area contributed by atoms with Crippen molar-refractivity contribution in [3.05, 3.63) is 65.0 Å². The molecular formula is C20H20FN5OS. The van der Waals surface area contributed by atoms with Gasteiger partial charge in [-0.25, -0.2) is 19.0 Å². The molecule has 8 heteroatoms. The molecule has 0 atom stereocenters. The Balaban J connectivity index is 1.37. The Kier molecular flexibility index (Phi) is 5.38. The summed E-state index contributed by atoms with van der Waals surface area (Å²) in [7, 11) is 0. The van der Waals surface area contributed by atoms with Crippen molar-refractivity contribution >= 4 is 17.7 Å². The summed E-state index contributed by atoms with van der Waals surface area (Å²) >= 11 is 1.35. The number of hydrogen-bond donors (Lipinski definition) is 1. The zero-order valence-corrected chi connectivity index (χ0v) is 16.3. The first kappa shape index (κ1) is 18.6. The monoisotopic (exact) mass is 397 g/mol. The highest BCUT2D eigenvalue weighted by Gasteiger charge is 2.21. The van der Waals surface area contributed by atoms with Gasteiger partial charge in [0.05, 0.1) is 11.4 Å². The number of nitrogens with one attached hydrogen (secondary N) is 1. The smallest absolute Gasteiger partial charge is 0.230 e. The van der Waals surface area contributed by atoms with Crippen molar-refractivity contribution in [2.24, 2.45) is 0 Å². The van der Waals surface area contributed by atoms with Gasteiger partial charge in [0.25, 0.3) is 0 Å². The van der Waals surface area contributed by atoms with E-state index >= 15 is 0 Å². The number of benzene rings is 1. The lowest BCUT2D eigenvalue weighted by atomic mass is 10.2. The third-order valence-corrected chi connectivity index (χ3v) is 5.66. The van der Waals surface area contributed by atoms with Crippen LogP contribution >= 0.6 is 11.8 Å². The minimum absolute atomic E-state index is 0.106. The third-order valence-electron chi connectivity index (χ3n) is 4.73. The fourth-order valence-electron chi connectivity index (χ4n) is 3.33. The molecule has 0 saturated heterocycles. The molecule has 1 aliphatic rings. The summed E-state index contributed by atoms with van der Waals surface area (Å²) in [6.07, 6.45) is 4.73. The Labute approximate surface area is 166 Å². The van der Waals surface area contributed by atoms with Gasteiger partial charge in [0.15, 0.2) is 5.82 Å². The van der Waals surface area contributed by atoms with Crippen LogP contribution in [-0.2, 0) is 24.2 Å². The largest absolute Gasteiger partial charge is 0.351 e. The van der Waals surface area contributed by atoms with Gasteiger partial charge in [-0.05, 0) is 49.4 Å². The van der Waals surface area contributed by atoms with E-state index in [0.29, 0.717) is 6.54 Å². The van der Waals surface area contributed by atoms with Crippen LogP contribution in [0.5, 0.6) is 0 Å². The first-order valence-corrected chi connectivity index (χ1v) is 10.1. The number of fused-ring (bicyclic) bond motifs is 1. The topological polar surface area (TPSA) is 72.7 Å². The molecule has 4 rings (SSSR count). The minimum atomic E-state index is -0.289. The van der Waals surface area contributed by atoms with Crippen molar-refractivity contribution < 1.29 is 9.18 Å². The van der Waals surface area contributed by atoms with Crippen LogP contribution in [0, 0.1) is 12.7 Å². The van der Waals surface area contributed by atoms with Crippen LogP contribution in [0.15, 0.2) is 41.7 Å². The number of nitrogens with zero attached hydrogens (tertiary/aromatic N) is 4. The van der Waals surface area contributed by atoms with E-state index in [2.05, 4.69) is 20.4 Å². The summed E-state index contributed by atoms with van der Waals surface area (Å²) in [6.45, 7) is 2.40. The Morgan fingerprint density at radius 3 is 2.89 bits per heavy atom. The zero-order valence-electron chi connectivity index (χ0n) is 15.5. The highest BCUT2D eigenvalue weighted by molar-refractivity contribution is 7.99. The molecule has 0 fully saturated rings. The average molecular weight is 397 g/mol. The summed E-state index contributed by atoms with van der Waals surface area (Å²) in [5.74, 6) is 0.581. The minimum Gasteiger partial charge on any atom is -0.351 e. The second-order valence-electron chi connectivity index (χ2n) is 6.68. The molecule has 2 heterocycles. The van der Waals surface area contributed by atoms with E-state index in [1.54, 1.807) is 12.1 Å². The summed E-state index contributed by atoms with van der Waals surface area (Å²) in [4.78, 5) is 20.7. The van der Waals surface area contributed by atoms with Crippen molar-refractivity contribution in [1.29, 1.82) is 0 Å². The molecule has 0 saturated carbocycles. The Morgan fingerprint density at radius 2 is 2.07 bits per heavy atom. The van der Waals surface area contributed by atoms with Crippen molar-refractivity contribution in [3.8, 4) is 5.82 Å². The molecule has 2 aromatic heterocycles.